The number of carbonyl (C=O) groups excluding carboxylic acids is 1. The summed E-state index contributed by atoms with van der Waals surface area (Å²) < 4.78 is 38.0. The zero-order chi connectivity index (χ0) is 15.3. The fourth-order valence-corrected chi connectivity index (χ4v) is 1.52. The summed E-state index contributed by atoms with van der Waals surface area (Å²) in [6.07, 6.45) is -2.60. The van der Waals surface area contributed by atoms with Crippen LogP contribution >= 0.6 is 11.8 Å². The molecule has 0 radical (unpaired) electrons. The van der Waals surface area contributed by atoms with E-state index in [2.05, 4.69) is 0 Å². The number of nitrogens with zero attached hydrogens (tertiary/aromatic N) is 1. The number of aliphatic carboxylic acids is 1. The lowest BCUT2D eigenvalue weighted by atomic mass is 10.0. The monoisotopic (exact) mass is 302 g/mol. The molecule has 0 saturated carbocycles. The minimum absolute atomic E-state index is 0.250. The molecule has 112 valence electrons. The van der Waals surface area contributed by atoms with Crippen LogP contribution in [0.1, 0.15) is 13.3 Å². The minimum Gasteiger partial charge on any atom is -0.479 e. The molecule has 9 heteroatoms. The molecular weight excluding hydrogens is 285 g/mol. The van der Waals surface area contributed by atoms with E-state index in [1.54, 1.807) is 11.8 Å². The number of carboxylic acid groups (broad SMARTS) is 1. The fourth-order valence-electron chi connectivity index (χ4n) is 1.10. The Hall–Kier alpha value is -1.12. The number of urea groups is 1. The summed E-state index contributed by atoms with van der Waals surface area (Å²) in [6.45, 7) is 0.670. The van der Waals surface area contributed by atoms with Gasteiger partial charge in [0.1, 0.15) is 0 Å². The van der Waals surface area contributed by atoms with Crippen LogP contribution < -0.4 is 5.32 Å². The number of alkyl halides is 3. The molecule has 0 aliphatic carbocycles. The highest BCUT2D eigenvalue weighted by atomic mass is 32.2. The number of carboxylic acids is 1. The summed E-state index contributed by atoms with van der Waals surface area (Å²) in [4.78, 5) is 23.3. The average molecular weight is 302 g/mol. The number of rotatable bonds is 6. The molecule has 0 saturated heterocycles. The van der Waals surface area contributed by atoms with Crippen LogP contribution in [0.5, 0.6) is 0 Å². The highest BCUT2D eigenvalue weighted by Gasteiger charge is 2.58. The van der Waals surface area contributed by atoms with E-state index in [0.717, 1.165) is 10.7 Å². The summed E-state index contributed by atoms with van der Waals surface area (Å²) in [5.41, 5.74) is -3.29. The molecular formula is C10H17F3N2O3S. The van der Waals surface area contributed by atoms with Crippen LogP contribution in [-0.2, 0) is 4.79 Å². The van der Waals surface area contributed by atoms with E-state index in [4.69, 9.17) is 5.11 Å². The van der Waals surface area contributed by atoms with Crippen molar-refractivity contribution in [3.8, 4) is 0 Å². The van der Waals surface area contributed by atoms with E-state index >= 15 is 0 Å². The van der Waals surface area contributed by atoms with E-state index in [-0.39, 0.29) is 6.54 Å². The lowest BCUT2D eigenvalue weighted by Gasteiger charge is -2.30. The van der Waals surface area contributed by atoms with Crippen molar-refractivity contribution in [1.82, 2.24) is 10.2 Å². The first-order chi connectivity index (χ1) is 8.56. The molecule has 0 aliphatic rings. The molecule has 0 aromatic rings. The minimum atomic E-state index is -5.07. The lowest BCUT2D eigenvalue weighted by Crippen LogP contribution is -2.63. The molecule has 1 atom stereocenters. The Balaban J connectivity index is 4.70. The van der Waals surface area contributed by atoms with Crippen molar-refractivity contribution >= 4 is 23.8 Å². The van der Waals surface area contributed by atoms with Crippen LogP contribution in [0.4, 0.5) is 18.0 Å². The van der Waals surface area contributed by atoms with Gasteiger partial charge < -0.3 is 15.3 Å². The number of hydrogen-bond acceptors (Lipinski definition) is 3. The number of carbonyl (C=O) groups is 2. The Bertz CT molecular complexity index is 338. The Morgan fingerprint density at radius 2 is 1.89 bits per heavy atom. The third-order valence-electron chi connectivity index (χ3n) is 2.54. The number of hydrogen-bond donors (Lipinski definition) is 2. The predicted molar refractivity (Wildman–Crippen MR) is 66.3 cm³/mol. The molecule has 2 N–H and O–H groups in total. The van der Waals surface area contributed by atoms with Crippen molar-refractivity contribution in [3.05, 3.63) is 0 Å². The van der Waals surface area contributed by atoms with Crippen molar-refractivity contribution in [2.45, 2.75) is 25.1 Å². The van der Waals surface area contributed by atoms with Crippen molar-refractivity contribution < 1.29 is 27.9 Å². The molecule has 0 aliphatic heterocycles. The van der Waals surface area contributed by atoms with Gasteiger partial charge in [-0.3, -0.25) is 0 Å². The first-order valence-corrected chi connectivity index (χ1v) is 6.78. The molecule has 19 heavy (non-hydrogen) atoms. The molecule has 0 bridgehead atoms. The zero-order valence-electron chi connectivity index (χ0n) is 10.9. The Labute approximate surface area is 113 Å². The van der Waals surface area contributed by atoms with E-state index in [0.29, 0.717) is 13.3 Å². The second-order valence-corrected chi connectivity index (χ2v) is 5.11. The van der Waals surface area contributed by atoms with Gasteiger partial charge in [-0.15, -0.1) is 0 Å². The maximum absolute atomic E-state index is 12.7. The number of nitrogens with one attached hydrogen (secondary N) is 1. The van der Waals surface area contributed by atoms with Gasteiger partial charge in [-0.1, -0.05) is 0 Å². The van der Waals surface area contributed by atoms with Gasteiger partial charge in [0.2, 0.25) is 5.54 Å². The highest BCUT2D eigenvalue weighted by molar-refractivity contribution is 7.98. The van der Waals surface area contributed by atoms with Gasteiger partial charge in [0.25, 0.3) is 0 Å². The SMILES string of the molecule is CSCCCN(C)C(=O)NC(C)(C(=O)O)C(F)(F)F. The zero-order valence-corrected chi connectivity index (χ0v) is 11.7. The molecule has 0 spiro atoms. The molecule has 0 aromatic carbocycles. The van der Waals surface area contributed by atoms with Gasteiger partial charge >= 0.3 is 18.2 Å². The maximum atomic E-state index is 12.7. The van der Waals surface area contributed by atoms with Crippen molar-refractivity contribution in [2.75, 3.05) is 25.6 Å². The third-order valence-corrected chi connectivity index (χ3v) is 3.24. The standard InChI is InChI=1S/C10H17F3N2O3S/c1-9(7(16)17,10(11,12)13)14-8(18)15(2)5-4-6-19-3/h4-6H2,1-3H3,(H,14,18)(H,16,17). The number of thioether (sulfide) groups is 1. The highest BCUT2D eigenvalue weighted by Crippen LogP contribution is 2.30. The molecule has 5 nitrogen and oxygen atoms in total. The summed E-state index contributed by atoms with van der Waals surface area (Å²) in [7, 11) is 1.31. The molecule has 2 amide bonds. The molecule has 0 heterocycles. The van der Waals surface area contributed by atoms with Crippen LogP contribution in [-0.4, -0.2) is 59.3 Å². The maximum Gasteiger partial charge on any atom is 0.422 e. The predicted octanol–water partition coefficient (Wildman–Crippen LogP) is 1.79. The van der Waals surface area contributed by atoms with Gasteiger partial charge in [-0.25, -0.2) is 9.59 Å². The first-order valence-electron chi connectivity index (χ1n) is 5.38. The van der Waals surface area contributed by atoms with Crippen LogP contribution in [0.2, 0.25) is 0 Å². The first kappa shape index (κ1) is 17.9. The van der Waals surface area contributed by atoms with Crippen LogP contribution in [0.25, 0.3) is 0 Å². The van der Waals surface area contributed by atoms with Crippen molar-refractivity contribution in [1.29, 1.82) is 0 Å². The third kappa shape index (κ3) is 4.81. The number of halogens is 3. The van der Waals surface area contributed by atoms with Crippen molar-refractivity contribution in [2.24, 2.45) is 0 Å². The molecule has 0 aromatic heterocycles. The van der Waals surface area contributed by atoms with E-state index in [9.17, 15) is 22.8 Å². The quantitative estimate of drug-likeness (QED) is 0.734. The van der Waals surface area contributed by atoms with Gasteiger partial charge in [0, 0.05) is 13.6 Å². The van der Waals surface area contributed by atoms with Crippen LogP contribution in [0.3, 0.4) is 0 Å². The van der Waals surface area contributed by atoms with Gasteiger partial charge in [-0.2, -0.15) is 24.9 Å². The second kappa shape index (κ2) is 6.88. The smallest absolute Gasteiger partial charge is 0.422 e. The van der Waals surface area contributed by atoms with E-state index in [1.165, 1.54) is 12.4 Å². The largest absolute Gasteiger partial charge is 0.479 e. The van der Waals surface area contributed by atoms with Gasteiger partial charge in [-0.05, 0) is 25.4 Å². The second-order valence-electron chi connectivity index (χ2n) is 4.13. The van der Waals surface area contributed by atoms with E-state index < -0.39 is 23.7 Å². The summed E-state index contributed by atoms with van der Waals surface area (Å²) in [5.74, 6) is -1.39. The Morgan fingerprint density at radius 3 is 2.26 bits per heavy atom. The fraction of sp³-hybridized carbons (Fsp3) is 0.800. The van der Waals surface area contributed by atoms with Crippen LogP contribution in [0, 0.1) is 0 Å². The van der Waals surface area contributed by atoms with Gasteiger partial charge in [0.05, 0.1) is 0 Å². The van der Waals surface area contributed by atoms with Gasteiger partial charge in [0.15, 0.2) is 0 Å². The Morgan fingerprint density at radius 1 is 1.37 bits per heavy atom. The molecule has 0 rings (SSSR count). The van der Waals surface area contributed by atoms with E-state index in [1.807, 2.05) is 6.26 Å². The summed E-state index contributed by atoms with van der Waals surface area (Å²) >= 11 is 1.55. The number of amides is 2. The summed E-state index contributed by atoms with van der Waals surface area (Å²) in [6, 6.07) is -1.07. The lowest BCUT2D eigenvalue weighted by molar-refractivity contribution is -0.203. The normalized spacial score (nSPS) is 14.6. The van der Waals surface area contributed by atoms with Crippen LogP contribution in [0.15, 0.2) is 0 Å². The molecule has 1 unspecified atom stereocenters. The molecule has 0 fully saturated rings. The van der Waals surface area contributed by atoms with Crippen molar-refractivity contribution in [3.63, 3.8) is 0 Å². The summed E-state index contributed by atoms with van der Waals surface area (Å²) in [5, 5.41) is 10.2. The average Bonchev–Trinajstić information content (AvgIpc) is 2.27. The topological polar surface area (TPSA) is 69.6 Å². The Kier molecular flexibility index (Phi) is 6.47.